The Labute approximate surface area is 158 Å². The molecule has 26 heavy (non-hydrogen) atoms. The van der Waals surface area contributed by atoms with E-state index >= 15 is 0 Å². The minimum Gasteiger partial charge on any atom is -0.508 e. The fourth-order valence-corrected chi connectivity index (χ4v) is 3.75. The van der Waals surface area contributed by atoms with Gasteiger partial charge >= 0.3 is 0 Å². The van der Waals surface area contributed by atoms with Crippen molar-refractivity contribution < 1.29 is 14.6 Å². The van der Waals surface area contributed by atoms with Crippen molar-refractivity contribution in [2.45, 2.75) is 64.9 Å². The third kappa shape index (κ3) is 4.94. The Kier molecular flexibility index (Phi) is 6.62. The Morgan fingerprint density at radius 1 is 1.27 bits per heavy atom. The maximum Gasteiger partial charge on any atom is 0.126 e. The number of nitrogens with zero attached hydrogens (tertiary/aromatic N) is 1. The van der Waals surface area contributed by atoms with Gasteiger partial charge < -0.3 is 19.5 Å². The lowest BCUT2D eigenvalue weighted by Crippen LogP contribution is -2.44. The third-order valence-electron chi connectivity index (χ3n) is 5.01. The van der Waals surface area contributed by atoms with Crippen LogP contribution in [0.15, 0.2) is 30.5 Å². The molecule has 0 aliphatic carbocycles. The molecule has 1 aromatic carbocycles. The number of ether oxygens (including phenoxy) is 2. The number of benzene rings is 1. The van der Waals surface area contributed by atoms with Gasteiger partial charge in [-0.25, -0.2) is 0 Å². The number of phenolic OH excluding ortho intramolecular Hbond substituents is 1. The number of likely N-dealkylation sites (tertiary alicyclic amines) is 1. The standard InChI is InChI=1S/C20H29NO3.C2H6/c1-15(24-19(2,3)4)7-10-21-11-8-20(9-12-21)14-23-18-13-16(22)5-6-17(18)20;1-2/h5-6,13,22H,1,7-12,14H2,2-4H3;1-2H3. The maximum atomic E-state index is 9.62. The molecule has 2 heterocycles. The topological polar surface area (TPSA) is 41.9 Å². The first kappa shape index (κ1) is 20.6. The summed E-state index contributed by atoms with van der Waals surface area (Å²) in [6, 6.07) is 5.55. The van der Waals surface area contributed by atoms with Crippen LogP contribution in [0.5, 0.6) is 11.5 Å². The fourth-order valence-electron chi connectivity index (χ4n) is 3.75. The molecular weight excluding hydrogens is 326 g/mol. The zero-order valence-electron chi connectivity index (χ0n) is 17.1. The van der Waals surface area contributed by atoms with E-state index in [4.69, 9.17) is 9.47 Å². The van der Waals surface area contributed by atoms with Crippen LogP contribution < -0.4 is 4.74 Å². The summed E-state index contributed by atoms with van der Waals surface area (Å²) in [5, 5.41) is 9.62. The van der Waals surface area contributed by atoms with E-state index in [-0.39, 0.29) is 16.8 Å². The molecular formula is C22H35NO3. The van der Waals surface area contributed by atoms with E-state index in [1.807, 2.05) is 19.9 Å². The van der Waals surface area contributed by atoms with Crippen LogP contribution in [0, 0.1) is 0 Å². The van der Waals surface area contributed by atoms with Crippen molar-refractivity contribution in [3.05, 3.63) is 36.1 Å². The highest BCUT2D eigenvalue weighted by atomic mass is 16.5. The first-order chi connectivity index (χ1) is 12.3. The number of fused-ring (bicyclic) bond motifs is 2. The van der Waals surface area contributed by atoms with Crippen molar-refractivity contribution in [2.24, 2.45) is 0 Å². The van der Waals surface area contributed by atoms with Crippen molar-refractivity contribution in [1.82, 2.24) is 4.90 Å². The average Bonchev–Trinajstić information content (AvgIpc) is 2.92. The number of phenols is 1. The van der Waals surface area contributed by atoms with Crippen LogP contribution in [0.25, 0.3) is 0 Å². The Morgan fingerprint density at radius 3 is 2.54 bits per heavy atom. The van der Waals surface area contributed by atoms with E-state index in [1.165, 1.54) is 5.56 Å². The molecule has 4 heteroatoms. The van der Waals surface area contributed by atoms with Gasteiger partial charge in [0.25, 0.3) is 0 Å². The number of piperidine rings is 1. The predicted molar refractivity (Wildman–Crippen MR) is 107 cm³/mol. The summed E-state index contributed by atoms with van der Waals surface area (Å²) in [7, 11) is 0. The van der Waals surface area contributed by atoms with Gasteiger partial charge in [0.15, 0.2) is 0 Å². The molecule has 0 unspecified atom stereocenters. The molecule has 2 aliphatic rings. The maximum absolute atomic E-state index is 9.62. The lowest BCUT2D eigenvalue weighted by molar-refractivity contribution is 0.0430. The molecule has 4 nitrogen and oxygen atoms in total. The molecule has 146 valence electrons. The van der Waals surface area contributed by atoms with Crippen molar-refractivity contribution in [3.8, 4) is 11.5 Å². The zero-order chi connectivity index (χ0) is 19.4. The Bertz CT molecular complexity index is 610. The van der Waals surface area contributed by atoms with Crippen molar-refractivity contribution >= 4 is 0 Å². The number of hydrogen-bond donors (Lipinski definition) is 1. The van der Waals surface area contributed by atoms with Gasteiger partial charge in [-0.15, -0.1) is 0 Å². The fraction of sp³-hybridized carbons (Fsp3) is 0.636. The van der Waals surface area contributed by atoms with E-state index < -0.39 is 0 Å². The van der Waals surface area contributed by atoms with Gasteiger partial charge in [0, 0.05) is 30.0 Å². The smallest absolute Gasteiger partial charge is 0.126 e. The predicted octanol–water partition coefficient (Wildman–Crippen LogP) is 4.86. The molecule has 3 rings (SSSR count). The van der Waals surface area contributed by atoms with Crippen LogP contribution >= 0.6 is 0 Å². The van der Waals surface area contributed by atoms with Crippen molar-refractivity contribution in [3.63, 3.8) is 0 Å². The molecule has 1 N–H and O–H groups in total. The van der Waals surface area contributed by atoms with Gasteiger partial charge in [-0.3, -0.25) is 0 Å². The average molecular weight is 362 g/mol. The molecule has 1 spiro atoms. The van der Waals surface area contributed by atoms with Gasteiger partial charge in [0.05, 0.1) is 12.4 Å². The van der Waals surface area contributed by atoms with Gasteiger partial charge in [0.2, 0.25) is 0 Å². The molecule has 1 fully saturated rings. The summed E-state index contributed by atoms with van der Waals surface area (Å²) < 4.78 is 11.7. The van der Waals surface area contributed by atoms with Crippen LogP contribution in [0.3, 0.4) is 0 Å². The number of aromatic hydroxyl groups is 1. The van der Waals surface area contributed by atoms with Gasteiger partial charge in [-0.1, -0.05) is 26.5 Å². The molecule has 0 aromatic heterocycles. The molecule has 0 saturated carbocycles. The second-order valence-electron chi connectivity index (χ2n) is 8.09. The van der Waals surface area contributed by atoms with Crippen LogP contribution in [-0.4, -0.2) is 41.8 Å². The third-order valence-corrected chi connectivity index (χ3v) is 5.01. The lowest BCUT2D eigenvalue weighted by atomic mass is 9.74. The number of rotatable bonds is 4. The van der Waals surface area contributed by atoms with E-state index in [0.717, 1.165) is 57.0 Å². The first-order valence-electron chi connectivity index (χ1n) is 9.83. The minimum atomic E-state index is -0.167. The van der Waals surface area contributed by atoms with Crippen LogP contribution in [0.2, 0.25) is 0 Å². The Balaban J connectivity index is 0.00000117. The number of hydrogen-bond acceptors (Lipinski definition) is 4. The monoisotopic (exact) mass is 361 g/mol. The summed E-state index contributed by atoms with van der Waals surface area (Å²) in [6.45, 7) is 18.1. The molecule has 1 saturated heterocycles. The van der Waals surface area contributed by atoms with E-state index in [0.29, 0.717) is 0 Å². The zero-order valence-corrected chi connectivity index (χ0v) is 17.1. The quantitative estimate of drug-likeness (QED) is 0.778. The molecule has 0 atom stereocenters. The lowest BCUT2D eigenvalue weighted by Gasteiger charge is -2.38. The molecule has 0 amide bonds. The Hall–Kier alpha value is -1.68. The van der Waals surface area contributed by atoms with Gasteiger partial charge in [-0.2, -0.15) is 0 Å². The largest absolute Gasteiger partial charge is 0.508 e. The van der Waals surface area contributed by atoms with Crippen LogP contribution in [0.4, 0.5) is 0 Å². The van der Waals surface area contributed by atoms with Gasteiger partial charge in [-0.05, 0) is 52.8 Å². The first-order valence-corrected chi connectivity index (χ1v) is 9.83. The summed E-state index contributed by atoms with van der Waals surface area (Å²) in [5.74, 6) is 2.00. The van der Waals surface area contributed by atoms with Crippen LogP contribution in [-0.2, 0) is 10.2 Å². The van der Waals surface area contributed by atoms with E-state index in [9.17, 15) is 5.11 Å². The summed E-state index contributed by atoms with van der Waals surface area (Å²) in [4.78, 5) is 2.49. The molecule has 0 bridgehead atoms. The van der Waals surface area contributed by atoms with E-state index in [2.05, 4.69) is 32.3 Å². The van der Waals surface area contributed by atoms with Crippen LogP contribution in [0.1, 0.15) is 59.4 Å². The highest BCUT2D eigenvalue weighted by molar-refractivity contribution is 5.48. The summed E-state index contributed by atoms with van der Waals surface area (Å²) in [5.41, 5.74) is 1.22. The van der Waals surface area contributed by atoms with Crippen molar-refractivity contribution in [1.29, 1.82) is 0 Å². The normalized spacial score (nSPS) is 18.5. The highest BCUT2D eigenvalue weighted by Gasteiger charge is 2.43. The second kappa shape index (κ2) is 8.34. The SMILES string of the molecule is C=C(CCN1CCC2(CC1)COc1cc(O)ccc12)OC(C)(C)C.CC. The molecule has 2 aliphatic heterocycles. The van der Waals surface area contributed by atoms with E-state index in [1.54, 1.807) is 12.1 Å². The Morgan fingerprint density at radius 2 is 1.92 bits per heavy atom. The molecule has 1 aromatic rings. The highest BCUT2D eigenvalue weighted by Crippen LogP contribution is 2.46. The molecule has 0 radical (unpaired) electrons. The van der Waals surface area contributed by atoms with Gasteiger partial charge in [0.1, 0.15) is 17.1 Å². The minimum absolute atomic E-state index is 0.123. The second-order valence-corrected chi connectivity index (χ2v) is 8.09. The summed E-state index contributed by atoms with van der Waals surface area (Å²) in [6.07, 6.45) is 3.07. The van der Waals surface area contributed by atoms with Crippen molar-refractivity contribution in [2.75, 3.05) is 26.2 Å². The summed E-state index contributed by atoms with van der Waals surface area (Å²) >= 11 is 0.